The molecule has 0 aliphatic heterocycles. The van der Waals surface area contributed by atoms with Gasteiger partial charge in [-0.25, -0.2) is 21.9 Å². The Morgan fingerprint density at radius 2 is 2.07 bits per heavy atom. The number of rotatable bonds is 4. The van der Waals surface area contributed by atoms with Crippen LogP contribution in [0.4, 0.5) is 8.78 Å². The molecular formula is C7H11F2N3O2S. The lowest BCUT2D eigenvalue weighted by Crippen LogP contribution is -2.29. The lowest BCUT2D eigenvalue weighted by atomic mass is 10.4. The van der Waals surface area contributed by atoms with Gasteiger partial charge >= 0.3 is 0 Å². The van der Waals surface area contributed by atoms with E-state index in [0.717, 1.165) is 0 Å². The van der Waals surface area contributed by atoms with E-state index in [1.54, 1.807) is 4.72 Å². The summed E-state index contributed by atoms with van der Waals surface area (Å²) < 4.78 is 48.6. The Bertz CT molecular complexity index is 422. The van der Waals surface area contributed by atoms with Crippen LogP contribution in [0.3, 0.4) is 0 Å². The molecule has 15 heavy (non-hydrogen) atoms. The van der Waals surface area contributed by atoms with Crippen molar-refractivity contribution in [3.8, 4) is 0 Å². The van der Waals surface area contributed by atoms with Gasteiger partial charge in [0, 0.05) is 0 Å². The first kappa shape index (κ1) is 12.1. The van der Waals surface area contributed by atoms with E-state index in [1.165, 1.54) is 13.8 Å². The number of aromatic nitrogens is 2. The first-order valence-corrected chi connectivity index (χ1v) is 5.62. The molecule has 0 saturated carbocycles. The van der Waals surface area contributed by atoms with Crippen LogP contribution in [-0.4, -0.2) is 31.6 Å². The average molecular weight is 239 g/mol. The van der Waals surface area contributed by atoms with Crippen molar-refractivity contribution >= 4 is 10.0 Å². The third-order valence-electron chi connectivity index (χ3n) is 1.76. The fourth-order valence-electron chi connectivity index (χ4n) is 1.18. The Balaban J connectivity index is 2.96. The van der Waals surface area contributed by atoms with Gasteiger partial charge in [0.25, 0.3) is 6.43 Å². The fraction of sp³-hybridized carbons (Fsp3) is 0.571. The number of aromatic amines is 1. The summed E-state index contributed by atoms with van der Waals surface area (Å²) in [6.45, 7) is 2.10. The van der Waals surface area contributed by atoms with Gasteiger partial charge in [0.2, 0.25) is 10.0 Å². The lowest BCUT2D eigenvalue weighted by Gasteiger charge is -2.05. The molecule has 0 amide bonds. The van der Waals surface area contributed by atoms with E-state index in [4.69, 9.17) is 0 Å². The van der Waals surface area contributed by atoms with E-state index in [0.29, 0.717) is 5.69 Å². The summed E-state index contributed by atoms with van der Waals surface area (Å²) >= 11 is 0. The number of nitrogens with one attached hydrogen (secondary N) is 2. The van der Waals surface area contributed by atoms with Gasteiger partial charge in [0.1, 0.15) is 4.90 Å². The lowest BCUT2D eigenvalue weighted by molar-refractivity contribution is 0.153. The number of alkyl halides is 2. The molecule has 2 N–H and O–H groups in total. The van der Waals surface area contributed by atoms with Gasteiger partial charge in [-0.05, 0) is 13.8 Å². The number of H-pyrrole nitrogens is 1. The molecule has 0 aliphatic rings. The second-order valence-corrected chi connectivity index (χ2v) is 4.71. The molecule has 1 aromatic heterocycles. The van der Waals surface area contributed by atoms with E-state index < -0.39 is 23.0 Å². The van der Waals surface area contributed by atoms with Crippen molar-refractivity contribution in [2.75, 3.05) is 6.54 Å². The molecule has 86 valence electrons. The number of hydrogen-bond donors (Lipinski definition) is 2. The smallest absolute Gasteiger partial charge is 0.251 e. The van der Waals surface area contributed by atoms with Gasteiger partial charge in [-0.3, -0.25) is 5.10 Å². The second kappa shape index (κ2) is 4.23. The van der Waals surface area contributed by atoms with E-state index in [1.807, 2.05) is 0 Å². The maximum Gasteiger partial charge on any atom is 0.251 e. The largest absolute Gasteiger partial charge is 0.281 e. The predicted molar refractivity (Wildman–Crippen MR) is 49.3 cm³/mol. The Hall–Kier alpha value is -1.02. The zero-order valence-electron chi connectivity index (χ0n) is 8.21. The highest BCUT2D eigenvalue weighted by molar-refractivity contribution is 7.89. The highest BCUT2D eigenvalue weighted by Gasteiger charge is 2.22. The van der Waals surface area contributed by atoms with Crippen molar-refractivity contribution in [3.05, 3.63) is 11.4 Å². The Morgan fingerprint density at radius 3 is 2.47 bits per heavy atom. The molecule has 0 unspecified atom stereocenters. The molecule has 0 aliphatic carbocycles. The summed E-state index contributed by atoms with van der Waals surface area (Å²) in [6, 6.07) is 0. The van der Waals surface area contributed by atoms with Crippen LogP contribution < -0.4 is 4.72 Å². The number of sulfonamides is 1. The van der Waals surface area contributed by atoms with E-state index in [-0.39, 0.29) is 10.6 Å². The minimum Gasteiger partial charge on any atom is -0.281 e. The first-order chi connectivity index (χ1) is 6.84. The first-order valence-electron chi connectivity index (χ1n) is 4.14. The molecule has 0 fully saturated rings. The number of hydrogen-bond acceptors (Lipinski definition) is 3. The van der Waals surface area contributed by atoms with Crippen molar-refractivity contribution in [1.82, 2.24) is 14.9 Å². The highest BCUT2D eigenvalue weighted by atomic mass is 32.2. The normalized spacial score (nSPS) is 12.3. The third kappa shape index (κ3) is 2.72. The van der Waals surface area contributed by atoms with Crippen LogP contribution in [0.1, 0.15) is 11.4 Å². The Morgan fingerprint density at radius 1 is 1.47 bits per heavy atom. The summed E-state index contributed by atoms with van der Waals surface area (Å²) in [5, 5.41) is 6.15. The number of aryl methyl sites for hydroxylation is 2. The Kier molecular flexibility index (Phi) is 3.40. The summed E-state index contributed by atoms with van der Waals surface area (Å²) in [7, 11) is -3.90. The summed E-state index contributed by atoms with van der Waals surface area (Å²) in [4.78, 5) is -0.0665. The average Bonchev–Trinajstić information content (AvgIpc) is 2.43. The molecule has 1 heterocycles. The minimum atomic E-state index is -3.90. The van der Waals surface area contributed by atoms with Crippen LogP contribution in [0.2, 0.25) is 0 Å². The number of nitrogens with zero attached hydrogens (tertiary/aromatic N) is 1. The van der Waals surface area contributed by atoms with Crippen molar-refractivity contribution in [2.24, 2.45) is 0 Å². The van der Waals surface area contributed by atoms with Gasteiger partial charge in [-0.1, -0.05) is 0 Å². The standard InChI is InChI=1S/C7H11F2N3O2S/c1-4-7(5(2)12-11-4)15(13,14)10-3-6(8)9/h6,10H,3H2,1-2H3,(H,11,12). The molecule has 0 atom stereocenters. The van der Waals surface area contributed by atoms with Gasteiger partial charge < -0.3 is 0 Å². The van der Waals surface area contributed by atoms with Crippen LogP contribution in [-0.2, 0) is 10.0 Å². The zero-order chi connectivity index (χ0) is 11.6. The molecule has 0 bridgehead atoms. The number of halogens is 2. The van der Waals surface area contributed by atoms with Crippen molar-refractivity contribution in [1.29, 1.82) is 0 Å². The van der Waals surface area contributed by atoms with Crippen LogP contribution in [0, 0.1) is 13.8 Å². The quantitative estimate of drug-likeness (QED) is 0.806. The van der Waals surface area contributed by atoms with Crippen LogP contribution in [0.15, 0.2) is 4.90 Å². The van der Waals surface area contributed by atoms with E-state index in [2.05, 4.69) is 10.2 Å². The summed E-state index contributed by atoms with van der Waals surface area (Å²) in [5.74, 6) is 0. The maximum absolute atomic E-state index is 11.9. The molecule has 1 aromatic rings. The zero-order valence-corrected chi connectivity index (χ0v) is 9.03. The topological polar surface area (TPSA) is 74.8 Å². The van der Waals surface area contributed by atoms with E-state index >= 15 is 0 Å². The van der Waals surface area contributed by atoms with Gasteiger partial charge in [-0.15, -0.1) is 0 Å². The molecule has 0 aromatic carbocycles. The fourth-order valence-corrected chi connectivity index (χ4v) is 2.55. The van der Waals surface area contributed by atoms with E-state index in [9.17, 15) is 17.2 Å². The minimum absolute atomic E-state index is 0.0665. The third-order valence-corrected chi connectivity index (χ3v) is 3.44. The summed E-state index contributed by atoms with van der Waals surface area (Å²) in [6.07, 6.45) is -2.72. The van der Waals surface area contributed by atoms with Crippen LogP contribution in [0.25, 0.3) is 0 Å². The SMILES string of the molecule is Cc1n[nH]c(C)c1S(=O)(=O)NCC(F)F. The van der Waals surface area contributed by atoms with Crippen LogP contribution in [0.5, 0.6) is 0 Å². The predicted octanol–water partition coefficient (Wildman–Crippen LogP) is 0.570. The molecule has 1 rings (SSSR count). The molecule has 0 radical (unpaired) electrons. The van der Waals surface area contributed by atoms with Gasteiger partial charge in [0.15, 0.2) is 0 Å². The summed E-state index contributed by atoms with van der Waals surface area (Å²) in [5.41, 5.74) is 0.587. The van der Waals surface area contributed by atoms with Gasteiger partial charge in [0.05, 0.1) is 17.9 Å². The maximum atomic E-state index is 11.9. The molecule has 0 spiro atoms. The molecule has 5 nitrogen and oxygen atoms in total. The van der Waals surface area contributed by atoms with Crippen molar-refractivity contribution in [2.45, 2.75) is 25.2 Å². The van der Waals surface area contributed by atoms with Crippen molar-refractivity contribution in [3.63, 3.8) is 0 Å². The second-order valence-electron chi connectivity index (χ2n) is 3.01. The monoisotopic (exact) mass is 239 g/mol. The van der Waals surface area contributed by atoms with Gasteiger partial charge in [-0.2, -0.15) is 5.10 Å². The Labute approximate surface area is 85.9 Å². The molecular weight excluding hydrogens is 228 g/mol. The van der Waals surface area contributed by atoms with Crippen LogP contribution >= 0.6 is 0 Å². The highest BCUT2D eigenvalue weighted by Crippen LogP contribution is 2.16. The molecule has 0 saturated heterocycles. The molecule has 8 heteroatoms. The van der Waals surface area contributed by atoms with Crippen molar-refractivity contribution < 1.29 is 17.2 Å².